The van der Waals surface area contributed by atoms with E-state index in [0.29, 0.717) is 22.6 Å². The molecule has 0 amide bonds. The lowest BCUT2D eigenvalue weighted by atomic mass is 10.2. The van der Waals surface area contributed by atoms with Crippen LogP contribution in [-0.4, -0.2) is 15.8 Å². The Morgan fingerprint density at radius 1 is 1.39 bits per heavy atom. The van der Waals surface area contributed by atoms with Crippen LogP contribution in [0.5, 0.6) is 0 Å². The minimum atomic E-state index is -0.481. The quantitative estimate of drug-likeness (QED) is 0.484. The van der Waals surface area contributed by atoms with Crippen LogP contribution < -0.4 is 0 Å². The van der Waals surface area contributed by atoms with Crippen molar-refractivity contribution in [2.45, 2.75) is 6.54 Å². The zero-order valence-electron chi connectivity index (χ0n) is 9.25. The van der Waals surface area contributed by atoms with Crippen LogP contribution in [0.25, 0.3) is 0 Å². The molecular formula is C12H9ClN2O3. The lowest BCUT2D eigenvalue weighted by molar-refractivity contribution is -0.385. The Balaban J connectivity index is 2.40. The Morgan fingerprint density at radius 2 is 2.17 bits per heavy atom. The molecule has 0 aliphatic heterocycles. The third kappa shape index (κ3) is 2.41. The summed E-state index contributed by atoms with van der Waals surface area (Å²) in [6.45, 7) is 0.258. The first-order valence-electron chi connectivity index (χ1n) is 5.15. The standard InChI is InChI=1S/C12H9ClN2O3/c13-10-4-3-9(12(6-10)15(17)18)7-14-5-1-2-11(14)8-16/h1-6,8H,7H2. The van der Waals surface area contributed by atoms with Crippen molar-refractivity contribution in [3.05, 3.63) is 62.9 Å². The first-order chi connectivity index (χ1) is 8.61. The van der Waals surface area contributed by atoms with Gasteiger partial charge < -0.3 is 4.57 Å². The second-order valence-corrected chi connectivity index (χ2v) is 4.15. The molecule has 5 nitrogen and oxygen atoms in total. The van der Waals surface area contributed by atoms with Crippen molar-refractivity contribution < 1.29 is 9.72 Å². The van der Waals surface area contributed by atoms with Gasteiger partial charge in [0, 0.05) is 22.8 Å². The number of aldehydes is 1. The van der Waals surface area contributed by atoms with Crippen molar-refractivity contribution in [1.29, 1.82) is 0 Å². The van der Waals surface area contributed by atoms with Crippen molar-refractivity contribution in [3.63, 3.8) is 0 Å². The fourth-order valence-corrected chi connectivity index (χ4v) is 1.87. The third-order valence-electron chi connectivity index (χ3n) is 2.57. The molecule has 0 bridgehead atoms. The van der Waals surface area contributed by atoms with Crippen LogP contribution in [0.15, 0.2) is 36.5 Å². The fourth-order valence-electron chi connectivity index (χ4n) is 1.70. The highest BCUT2D eigenvalue weighted by Gasteiger charge is 2.15. The summed E-state index contributed by atoms with van der Waals surface area (Å²) in [5, 5.41) is 11.2. The molecule has 0 aliphatic rings. The molecule has 2 rings (SSSR count). The van der Waals surface area contributed by atoms with Crippen molar-refractivity contribution in [2.75, 3.05) is 0 Å². The maximum atomic E-state index is 10.9. The number of carbonyl (C=O) groups excluding carboxylic acids is 1. The Morgan fingerprint density at radius 3 is 2.83 bits per heavy atom. The second-order valence-electron chi connectivity index (χ2n) is 3.71. The SMILES string of the molecule is O=Cc1cccn1Cc1ccc(Cl)cc1[N+](=O)[O-]. The van der Waals surface area contributed by atoms with Crippen molar-refractivity contribution >= 4 is 23.6 Å². The number of aromatic nitrogens is 1. The highest BCUT2D eigenvalue weighted by molar-refractivity contribution is 6.30. The molecule has 1 heterocycles. The van der Waals surface area contributed by atoms with Gasteiger partial charge in [0.2, 0.25) is 0 Å². The van der Waals surface area contributed by atoms with Crippen LogP contribution in [0, 0.1) is 10.1 Å². The van der Waals surface area contributed by atoms with Gasteiger partial charge in [-0.15, -0.1) is 0 Å². The molecule has 0 atom stereocenters. The number of benzene rings is 1. The van der Waals surface area contributed by atoms with Gasteiger partial charge in [-0.25, -0.2) is 0 Å². The predicted molar refractivity (Wildman–Crippen MR) is 67.0 cm³/mol. The van der Waals surface area contributed by atoms with Gasteiger partial charge in [-0.05, 0) is 24.3 Å². The smallest absolute Gasteiger partial charge is 0.275 e. The van der Waals surface area contributed by atoms with Gasteiger partial charge in [0.1, 0.15) is 0 Å². The Labute approximate surface area is 108 Å². The first kappa shape index (κ1) is 12.3. The normalized spacial score (nSPS) is 10.3. The van der Waals surface area contributed by atoms with E-state index in [-0.39, 0.29) is 12.2 Å². The monoisotopic (exact) mass is 264 g/mol. The van der Waals surface area contributed by atoms with E-state index in [1.54, 1.807) is 35.0 Å². The second kappa shape index (κ2) is 5.01. The van der Waals surface area contributed by atoms with Gasteiger partial charge in [-0.3, -0.25) is 14.9 Å². The Kier molecular flexibility index (Phi) is 3.43. The molecule has 2 aromatic rings. The maximum Gasteiger partial charge on any atom is 0.275 e. The van der Waals surface area contributed by atoms with Crippen molar-refractivity contribution in [3.8, 4) is 0 Å². The lowest BCUT2D eigenvalue weighted by Crippen LogP contribution is -2.05. The third-order valence-corrected chi connectivity index (χ3v) is 2.81. The number of nitro groups is 1. The average Bonchev–Trinajstić information content (AvgIpc) is 2.78. The summed E-state index contributed by atoms with van der Waals surface area (Å²) in [6, 6.07) is 7.85. The molecule has 0 spiro atoms. The molecule has 0 N–H and O–H groups in total. The summed E-state index contributed by atoms with van der Waals surface area (Å²) < 4.78 is 1.64. The summed E-state index contributed by atoms with van der Waals surface area (Å²) in [7, 11) is 0. The van der Waals surface area contributed by atoms with E-state index in [4.69, 9.17) is 11.6 Å². The molecular weight excluding hydrogens is 256 g/mol. The van der Waals surface area contributed by atoms with E-state index in [9.17, 15) is 14.9 Å². The summed E-state index contributed by atoms with van der Waals surface area (Å²) in [4.78, 5) is 21.2. The van der Waals surface area contributed by atoms with Gasteiger partial charge in [0.25, 0.3) is 5.69 Å². The zero-order chi connectivity index (χ0) is 13.1. The minimum absolute atomic E-state index is 0.0481. The number of nitrogens with zero attached hydrogens (tertiary/aromatic N) is 2. The minimum Gasteiger partial charge on any atom is -0.341 e. The van der Waals surface area contributed by atoms with Crippen LogP contribution in [0.4, 0.5) is 5.69 Å². The van der Waals surface area contributed by atoms with Gasteiger partial charge in [0.05, 0.1) is 17.2 Å². The average molecular weight is 265 g/mol. The molecule has 0 saturated heterocycles. The van der Waals surface area contributed by atoms with Crippen LogP contribution in [0.1, 0.15) is 16.1 Å². The molecule has 6 heteroatoms. The van der Waals surface area contributed by atoms with Gasteiger partial charge in [-0.1, -0.05) is 11.6 Å². The predicted octanol–water partition coefficient (Wildman–Crippen LogP) is 2.91. The molecule has 0 aliphatic carbocycles. The van der Waals surface area contributed by atoms with Crippen LogP contribution >= 0.6 is 11.6 Å². The van der Waals surface area contributed by atoms with E-state index in [0.717, 1.165) is 0 Å². The van der Waals surface area contributed by atoms with Crippen LogP contribution in [0.2, 0.25) is 5.02 Å². The highest BCUT2D eigenvalue weighted by atomic mass is 35.5. The molecule has 92 valence electrons. The van der Waals surface area contributed by atoms with E-state index in [2.05, 4.69) is 0 Å². The number of halogens is 1. The summed E-state index contributed by atoms with van der Waals surface area (Å²) in [5.41, 5.74) is 0.927. The molecule has 0 saturated carbocycles. The van der Waals surface area contributed by atoms with E-state index >= 15 is 0 Å². The van der Waals surface area contributed by atoms with Crippen molar-refractivity contribution in [1.82, 2.24) is 4.57 Å². The zero-order valence-corrected chi connectivity index (χ0v) is 10.0. The molecule has 0 fully saturated rings. The number of hydrogen-bond acceptors (Lipinski definition) is 3. The topological polar surface area (TPSA) is 65.1 Å². The number of rotatable bonds is 4. The Bertz CT molecular complexity index is 607. The Hall–Kier alpha value is -2.14. The number of nitro benzene ring substituents is 1. The van der Waals surface area contributed by atoms with E-state index < -0.39 is 4.92 Å². The largest absolute Gasteiger partial charge is 0.341 e. The molecule has 0 radical (unpaired) electrons. The maximum absolute atomic E-state index is 10.9. The molecule has 1 aromatic carbocycles. The van der Waals surface area contributed by atoms with E-state index in [1.807, 2.05) is 0 Å². The van der Waals surface area contributed by atoms with E-state index in [1.165, 1.54) is 6.07 Å². The summed E-state index contributed by atoms with van der Waals surface area (Å²) in [5.74, 6) is 0. The lowest BCUT2D eigenvalue weighted by Gasteiger charge is -2.06. The number of hydrogen-bond donors (Lipinski definition) is 0. The van der Waals surface area contributed by atoms with Gasteiger partial charge >= 0.3 is 0 Å². The fraction of sp³-hybridized carbons (Fsp3) is 0.0833. The van der Waals surface area contributed by atoms with Crippen molar-refractivity contribution in [2.24, 2.45) is 0 Å². The molecule has 0 unspecified atom stereocenters. The van der Waals surface area contributed by atoms with Crippen LogP contribution in [-0.2, 0) is 6.54 Å². The molecule has 1 aromatic heterocycles. The first-order valence-corrected chi connectivity index (χ1v) is 5.53. The van der Waals surface area contributed by atoms with Gasteiger partial charge in [0.15, 0.2) is 6.29 Å². The highest BCUT2D eigenvalue weighted by Crippen LogP contribution is 2.24. The summed E-state index contributed by atoms with van der Waals surface area (Å²) in [6.07, 6.45) is 2.41. The van der Waals surface area contributed by atoms with Gasteiger partial charge in [-0.2, -0.15) is 0 Å². The van der Waals surface area contributed by atoms with Crippen LogP contribution in [0.3, 0.4) is 0 Å². The number of carbonyl (C=O) groups is 1. The summed E-state index contributed by atoms with van der Waals surface area (Å²) >= 11 is 5.73. The molecule has 18 heavy (non-hydrogen) atoms.